The quantitative estimate of drug-likeness (QED) is 0.292. The lowest BCUT2D eigenvalue weighted by Crippen LogP contribution is -2.40. The molecule has 2 aromatic carbocycles. The van der Waals surface area contributed by atoms with Gasteiger partial charge in [-0.15, -0.1) is 24.0 Å². The maximum Gasteiger partial charge on any atom is 0.213 e. The van der Waals surface area contributed by atoms with Gasteiger partial charge in [-0.1, -0.05) is 42.5 Å². The minimum absolute atomic E-state index is 0. The number of aliphatic imine (C=N–C) groups is 1. The van der Waals surface area contributed by atoms with Crippen LogP contribution in [0.15, 0.2) is 59.6 Å². The van der Waals surface area contributed by atoms with Crippen molar-refractivity contribution >= 4 is 40.0 Å². The number of benzene rings is 2. The van der Waals surface area contributed by atoms with Crippen molar-refractivity contribution < 1.29 is 12.8 Å². The maximum absolute atomic E-state index is 13.2. The summed E-state index contributed by atoms with van der Waals surface area (Å²) in [6, 6.07) is 15.6. The van der Waals surface area contributed by atoms with E-state index in [9.17, 15) is 12.8 Å². The van der Waals surface area contributed by atoms with Gasteiger partial charge in [0.15, 0.2) is 5.96 Å². The molecule has 2 rings (SSSR count). The van der Waals surface area contributed by atoms with Crippen LogP contribution in [0.1, 0.15) is 11.1 Å². The highest BCUT2D eigenvalue weighted by atomic mass is 127. The predicted octanol–water partition coefficient (Wildman–Crippen LogP) is 2.23. The van der Waals surface area contributed by atoms with Crippen LogP contribution in [0.25, 0.3) is 0 Å². The van der Waals surface area contributed by atoms with E-state index in [4.69, 9.17) is 0 Å². The van der Waals surface area contributed by atoms with Gasteiger partial charge in [-0.3, -0.25) is 4.99 Å². The SMILES string of the molecule is CN=C(NCCS(=O)(=O)NCc1ccccc1)NCc1cccc(F)c1.I. The van der Waals surface area contributed by atoms with Crippen molar-refractivity contribution in [2.45, 2.75) is 13.1 Å². The summed E-state index contributed by atoms with van der Waals surface area (Å²) >= 11 is 0. The molecule has 0 aliphatic heterocycles. The summed E-state index contributed by atoms with van der Waals surface area (Å²) in [5.41, 5.74) is 1.67. The summed E-state index contributed by atoms with van der Waals surface area (Å²) in [6.07, 6.45) is 0. The van der Waals surface area contributed by atoms with Gasteiger partial charge >= 0.3 is 0 Å². The smallest absolute Gasteiger partial charge is 0.213 e. The van der Waals surface area contributed by atoms with E-state index < -0.39 is 10.0 Å². The summed E-state index contributed by atoms with van der Waals surface area (Å²) in [6.45, 7) is 0.846. The van der Waals surface area contributed by atoms with Crippen LogP contribution in [0.3, 0.4) is 0 Å². The number of nitrogens with zero attached hydrogens (tertiary/aromatic N) is 1. The Kier molecular flexibility index (Phi) is 10.3. The lowest BCUT2D eigenvalue weighted by Gasteiger charge is -2.12. The van der Waals surface area contributed by atoms with Crippen LogP contribution in [0.2, 0.25) is 0 Å². The fourth-order valence-electron chi connectivity index (χ4n) is 2.22. The third-order valence-corrected chi connectivity index (χ3v) is 4.90. The lowest BCUT2D eigenvalue weighted by atomic mass is 10.2. The van der Waals surface area contributed by atoms with Crippen molar-refractivity contribution in [2.24, 2.45) is 4.99 Å². The molecule has 148 valence electrons. The predicted molar refractivity (Wildman–Crippen MR) is 117 cm³/mol. The van der Waals surface area contributed by atoms with Crippen LogP contribution in [-0.2, 0) is 23.1 Å². The molecule has 0 saturated carbocycles. The van der Waals surface area contributed by atoms with Crippen LogP contribution < -0.4 is 15.4 Å². The highest BCUT2D eigenvalue weighted by Gasteiger charge is 2.10. The third kappa shape index (κ3) is 9.16. The van der Waals surface area contributed by atoms with Gasteiger partial charge in [0.2, 0.25) is 10.0 Å². The van der Waals surface area contributed by atoms with E-state index >= 15 is 0 Å². The molecule has 6 nitrogen and oxygen atoms in total. The molecule has 3 N–H and O–H groups in total. The van der Waals surface area contributed by atoms with Crippen LogP contribution in [0.4, 0.5) is 4.39 Å². The normalized spacial score (nSPS) is 11.6. The molecule has 0 radical (unpaired) electrons. The largest absolute Gasteiger partial charge is 0.355 e. The summed E-state index contributed by atoms with van der Waals surface area (Å²) in [5, 5.41) is 5.95. The van der Waals surface area contributed by atoms with Gasteiger partial charge in [-0.25, -0.2) is 17.5 Å². The molecule has 2 aromatic rings. The second-order valence-electron chi connectivity index (χ2n) is 5.61. The minimum atomic E-state index is -3.40. The van der Waals surface area contributed by atoms with E-state index in [-0.39, 0.29) is 48.6 Å². The van der Waals surface area contributed by atoms with E-state index in [0.717, 1.165) is 11.1 Å². The van der Waals surface area contributed by atoms with Crippen LogP contribution in [-0.4, -0.2) is 33.7 Å². The number of rotatable bonds is 8. The summed E-state index contributed by atoms with van der Waals surface area (Å²) in [7, 11) is -1.81. The van der Waals surface area contributed by atoms with Crippen molar-refractivity contribution in [3.05, 3.63) is 71.5 Å². The summed E-state index contributed by atoms with van der Waals surface area (Å²) in [4.78, 5) is 4.02. The molecule has 27 heavy (non-hydrogen) atoms. The molecule has 0 heterocycles. The average Bonchev–Trinajstić information content (AvgIpc) is 2.64. The molecule has 9 heteroatoms. The second-order valence-corrected chi connectivity index (χ2v) is 7.53. The zero-order chi connectivity index (χ0) is 18.8. The monoisotopic (exact) mass is 506 g/mol. The number of hydrogen-bond donors (Lipinski definition) is 3. The summed E-state index contributed by atoms with van der Waals surface area (Å²) in [5.74, 6) is 0.0656. The molecular weight excluding hydrogens is 482 g/mol. The molecule has 0 fully saturated rings. The van der Waals surface area contributed by atoms with Gasteiger partial charge in [-0.05, 0) is 23.3 Å². The zero-order valence-electron chi connectivity index (χ0n) is 15.0. The van der Waals surface area contributed by atoms with Crippen molar-refractivity contribution in [1.82, 2.24) is 15.4 Å². The minimum Gasteiger partial charge on any atom is -0.355 e. The molecule has 0 spiro atoms. The van der Waals surface area contributed by atoms with E-state index in [1.54, 1.807) is 19.2 Å². The Morgan fingerprint density at radius 2 is 1.70 bits per heavy atom. The Bertz CT molecular complexity index is 832. The first-order chi connectivity index (χ1) is 12.5. The Balaban J connectivity index is 0.00000364. The van der Waals surface area contributed by atoms with Crippen LogP contribution in [0.5, 0.6) is 0 Å². The molecule has 0 unspecified atom stereocenters. The molecule has 0 aliphatic rings. The third-order valence-electron chi connectivity index (χ3n) is 3.57. The first kappa shape index (κ1) is 23.3. The highest BCUT2D eigenvalue weighted by Crippen LogP contribution is 2.02. The van der Waals surface area contributed by atoms with E-state index in [0.29, 0.717) is 12.5 Å². The van der Waals surface area contributed by atoms with E-state index in [1.165, 1.54) is 12.1 Å². The van der Waals surface area contributed by atoms with Crippen LogP contribution in [0, 0.1) is 5.82 Å². The van der Waals surface area contributed by atoms with Gasteiger partial charge in [-0.2, -0.15) is 0 Å². The van der Waals surface area contributed by atoms with Crippen molar-refractivity contribution in [3.8, 4) is 0 Å². The number of sulfonamides is 1. The van der Waals surface area contributed by atoms with Gasteiger partial charge in [0.05, 0.1) is 5.75 Å². The Hall–Kier alpha value is -1.72. The van der Waals surface area contributed by atoms with Gasteiger partial charge in [0.25, 0.3) is 0 Å². The molecular formula is C18H24FIN4O2S. The molecule has 0 bridgehead atoms. The van der Waals surface area contributed by atoms with Crippen molar-refractivity contribution in [3.63, 3.8) is 0 Å². The van der Waals surface area contributed by atoms with Gasteiger partial charge < -0.3 is 10.6 Å². The second kappa shape index (κ2) is 11.9. The number of halogens is 2. The van der Waals surface area contributed by atoms with Gasteiger partial charge in [0.1, 0.15) is 5.82 Å². The standard InChI is InChI=1S/C18H23FN4O2S.HI/c1-20-18(22-13-16-8-5-9-17(19)12-16)21-10-11-26(24,25)23-14-15-6-3-2-4-7-15;/h2-9,12,23H,10-11,13-14H2,1H3,(H2,20,21,22);1H. The Labute approximate surface area is 176 Å². The lowest BCUT2D eigenvalue weighted by molar-refractivity contribution is 0.579. The Morgan fingerprint density at radius 3 is 2.37 bits per heavy atom. The first-order valence-electron chi connectivity index (χ1n) is 8.19. The fraction of sp³-hybridized carbons (Fsp3) is 0.278. The van der Waals surface area contributed by atoms with Crippen molar-refractivity contribution in [1.29, 1.82) is 0 Å². The van der Waals surface area contributed by atoms with Crippen LogP contribution >= 0.6 is 24.0 Å². The molecule has 0 aromatic heterocycles. The molecule has 0 atom stereocenters. The topological polar surface area (TPSA) is 82.6 Å². The summed E-state index contributed by atoms with van der Waals surface area (Å²) < 4.78 is 39.8. The van der Waals surface area contributed by atoms with E-state index in [2.05, 4.69) is 20.3 Å². The van der Waals surface area contributed by atoms with Gasteiger partial charge in [0, 0.05) is 26.7 Å². The Morgan fingerprint density at radius 1 is 1.00 bits per heavy atom. The number of guanidine groups is 1. The molecule has 0 saturated heterocycles. The fourth-order valence-corrected chi connectivity index (χ4v) is 3.12. The van der Waals surface area contributed by atoms with E-state index in [1.807, 2.05) is 30.3 Å². The average molecular weight is 506 g/mol. The first-order valence-corrected chi connectivity index (χ1v) is 9.84. The number of nitrogens with one attached hydrogen (secondary N) is 3. The highest BCUT2D eigenvalue weighted by molar-refractivity contribution is 14.0. The molecule has 0 amide bonds. The van der Waals surface area contributed by atoms with Crippen molar-refractivity contribution in [2.75, 3.05) is 19.3 Å². The molecule has 0 aliphatic carbocycles. The number of hydrogen-bond acceptors (Lipinski definition) is 3. The zero-order valence-corrected chi connectivity index (χ0v) is 18.1. The maximum atomic E-state index is 13.2.